The summed E-state index contributed by atoms with van der Waals surface area (Å²) in [7, 11) is 4.54. The fraction of sp³-hybridized carbons (Fsp3) is 0.409. The normalized spacial score (nSPS) is 15.4. The molecule has 162 valence electrons. The Labute approximate surface area is 186 Å². The van der Waals surface area contributed by atoms with E-state index in [0.717, 1.165) is 18.4 Å². The van der Waals surface area contributed by atoms with E-state index in [-0.39, 0.29) is 11.3 Å². The molecule has 8 heteroatoms. The van der Waals surface area contributed by atoms with Gasteiger partial charge in [-0.25, -0.2) is 0 Å². The Balaban J connectivity index is 1.87. The highest BCUT2D eigenvalue weighted by atomic mass is 35.5. The van der Waals surface area contributed by atoms with Crippen LogP contribution in [0.5, 0.6) is 17.2 Å². The van der Waals surface area contributed by atoms with Crippen LogP contribution in [-0.2, 0) is 10.2 Å². The first-order valence-electron chi connectivity index (χ1n) is 9.55. The predicted octanol–water partition coefficient (Wildman–Crippen LogP) is 4.50. The Bertz CT molecular complexity index is 887. The molecule has 6 nitrogen and oxygen atoms in total. The number of hydrogen-bond acceptors (Lipinski definition) is 5. The molecule has 1 aliphatic rings. The molecule has 0 aliphatic carbocycles. The number of benzene rings is 2. The zero-order valence-corrected chi connectivity index (χ0v) is 18.7. The van der Waals surface area contributed by atoms with E-state index >= 15 is 0 Å². The van der Waals surface area contributed by atoms with E-state index in [9.17, 15) is 4.79 Å². The Morgan fingerprint density at radius 3 is 2.20 bits per heavy atom. The van der Waals surface area contributed by atoms with Gasteiger partial charge in [-0.2, -0.15) is 0 Å². The van der Waals surface area contributed by atoms with Crippen molar-refractivity contribution < 1.29 is 23.7 Å². The molecule has 0 bridgehead atoms. The van der Waals surface area contributed by atoms with Crippen molar-refractivity contribution in [3.63, 3.8) is 0 Å². The van der Waals surface area contributed by atoms with Crippen molar-refractivity contribution in [3.8, 4) is 17.2 Å². The van der Waals surface area contributed by atoms with Crippen molar-refractivity contribution in [2.75, 3.05) is 41.1 Å². The van der Waals surface area contributed by atoms with Crippen LogP contribution in [0.25, 0.3) is 0 Å². The van der Waals surface area contributed by atoms with Gasteiger partial charge in [0.1, 0.15) is 0 Å². The minimum Gasteiger partial charge on any atom is -0.493 e. The monoisotopic (exact) mass is 453 g/mol. The Morgan fingerprint density at radius 1 is 1.03 bits per heavy atom. The SMILES string of the molecule is COc1cc(C(=O)NCC2(c3ccc(Cl)cc3Cl)CCOCC2)cc(OC)c1OC. The lowest BCUT2D eigenvalue weighted by molar-refractivity contribution is 0.0487. The summed E-state index contributed by atoms with van der Waals surface area (Å²) in [5.74, 6) is 1.03. The molecule has 1 fully saturated rings. The summed E-state index contributed by atoms with van der Waals surface area (Å²) in [4.78, 5) is 13.0. The van der Waals surface area contributed by atoms with Crippen LogP contribution in [0.1, 0.15) is 28.8 Å². The maximum atomic E-state index is 13.0. The van der Waals surface area contributed by atoms with Gasteiger partial charge in [0.05, 0.1) is 21.3 Å². The number of carbonyl (C=O) groups is 1. The molecule has 2 aromatic carbocycles. The molecule has 1 aliphatic heterocycles. The molecular weight excluding hydrogens is 429 g/mol. The van der Waals surface area contributed by atoms with Crippen LogP contribution in [0.2, 0.25) is 10.0 Å². The zero-order valence-electron chi connectivity index (χ0n) is 17.2. The molecule has 30 heavy (non-hydrogen) atoms. The summed E-state index contributed by atoms with van der Waals surface area (Å²) in [5.41, 5.74) is 1.03. The fourth-order valence-electron chi connectivity index (χ4n) is 3.79. The number of methoxy groups -OCH3 is 3. The number of halogens is 2. The highest BCUT2D eigenvalue weighted by Gasteiger charge is 2.36. The zero-order chi connectivity index (χ0) is 21.7. The molecule has 0 unspecified atom stereocenters. The average molecular weight is 454 g/mol. The first-order valence-corrected chi connectivity index (χ1v) is 10.3. The van der Waals surface area contributed by atoms with Crippen LogP contribution >= 0.6 is 23.2 Å². The maximum absolute atomic E-state index is 13.0. The fourth-order valence-corrected chi connectivity index (χ4v) is 4.40. The minimum atomic E-state index is -0.337. The van der Waals surface area contributed by atoms with Crippen molar-refractivity contribution in [1.29, 1.82) is 0 Å². The highest BCUT2D eigenvalue weighted by Crippen LogP contribution is 2.40. The molecular formula is C22H25Cl2NO5. The number of nitrogens with one attached hydrogen (secondary N) is 1. The van der Waals surface area contributed by atoms with E-state index in [2.05, 4.69) is 5.32 Å². The summed E-state index contributed by atoms with van der Waals surface area (Å²) < 4.78 is 21.6. The van der Waals surface area contributed by atoms with Gasteiger partial charge in [0.15, 0.2) is 11.5 Å². The Kier molecular flexibility index (Phi) is 7.34. The van der Waals surface area contributed by atoms with Gasteiger partial charge in [0, 0.05) is 40.8 Å². The second-order valence-corrected chi connectivity index (χ2v) is 7.96. The van der Waals surface area contributed by atoms with Crippen LogP contribution in [0.15, 0.2) is 30.3 Å². The molecule has 0 radical (unpaired) electrons. The molecule has 0 aromatic heterocycles. The van der Waals surface area contributed by atoms with Crippen molar-refractivity contribution in [2.24, 2.45) is 0 Å². The maximum Gasteiger partial charge on any atom is 0.251 e. The molecule has 1 amide bonds. The third-order valence-electron chi connectivity index (χ3n) is 5.47. The first-order chi connectivity index (χ1) is 14.4. The number of hydrogen-bond donors (Lipinski definition) is 1. The van der Waals surface area contributed by atoms with E-state index in [1.165, 1.54) is 21.3 Å². The van der Waals surface area contributed by atoms with E-state index in [1.54, 1.807) is 18.2 Å². The van der Waals surface area contributed by atoms with Gasteiger partial charge in [-0.3, -0.25) is 4.79 Å². The molecule has 1 saturated heterocycles. The van der Waals surface area contributed by atoms with Crippen LogP contribution in [0.3, 0.4) is 0 Å². The van der Waals surface area contributed by atoms with Gasteiger partial charge in [-0.05, 0) is 42.7 Å². The van der Waals surface area contributed by atoms with Crippen molar-refractivity contribution >= 4 is 29.1 Å². The number of rotatable bonds is 7. The molecule has 2 aromatic rings. The van der Waals surface area contributed by atoms with Gasteiger partial charge in [-0.1, -0.05) is 29.3 Å². The van der Waals surface area contributed by atoms with Crippen LogP contribution < -0.4 is 19.5 Å². The lowest BCUT2D eigenvalue weighted by Crippen LogP contribution is -2.44. The Hall–Kier alpha value is -2.15. The third kappa shape index (κ3) is 4.61. The van der Waals surface area contributed by atoms with E-state index in [0.29, 0.717) is 52.6 Å². The van der Waals surface area contributed by atoms with Crippen LogP contribution in [-0.4, -0.2) is 47.0 Å². The van der Waals surface area contributed by atoms with E-state index < -0.39 is 0 Å². The van der Waals surface area contributed by atoms with E-state index in [1.807, 2.05) is 12.1 Å². The summed E-state index contributed by atoms with van der Waals surface area (Å²) in [6.45, 7) is 1.60. The second kappa shape index (κ2) is 9.77. The summed E-state index contributed by atoms with van der Waals surface area (Å²) in [6, 6.07) is 8.74. The molecule has 0 saturated carbocycles. The predicted molar refractivity (Wildman–Crippen MR) is 117 cm³/mol. The van der Waals surface area contributed by atoms with Gasteiger partial charge >= 0.3 is 0 Å². The van der Waals surface area contributed by atoms with Crippen LogP contribution in [0.4, 0.5) is 0 Å². The minimum absolute atomic E-state index is 0.245. The van der Waals surface area contributed by atoms with E-state index in [4.69, 9.17) is 42.1 Å². The summed E-state index contributed by atoms with van der Waals surface area (Å²) in [6.07, 6.45) is 1.48. The summed E-state index contributed by atoms with van der Waals surface area (Å²) >= 11 is 12.6. The van der Waals surface area contributed by atoms with Gasteiger partial charge in [0.2, 0.25) is 5.75 Å². The molecule has 3 rings (SSSR count). The van der Waals surface area contributed by atoms with Crippen molar-refractivity contribution in [2.45, 2.75) is 18.3 Å². The topological polar surface area (TPSA) is 66.0 Å². The first kappa shape index (κ1) is 22.5. The Morgan fingerprint density at radius 2 is 1.67 bits per heavy atom. The highest BCUT2D eigenvalue weighted by molar-refractivity contribution is 6.35. The van der Waals surface area contributed by atoms with Crippen molar-refractivity contribution in [1.82, 2.24) is 5.32 Å². The quantitative estimate of drug-likeness (QED) is 0.668. The smallest absolute Gasteiger partial charge is 0.251 e. The third-order valence-corrected chi connectivity index (χ3v) is 6.01. The average Bonchev–Trinajstić information content (AvgIpc) is 2.76. The number of ether oxygens (including phenoxy) is 4. The lowest BCUT2D eigenvalue weighted by atomic mass is 9.74. The largest absolute Gasteiger partial charge is 0.493 e. The molecule has 0 spiro atoms. The summed E-state index contributed by atoms with van der Waals surface area (Å²) in [5, 5.41) is 4.22. The standard InChI is InChI=1S/C22H25Cl2NO5/c1-27-18-10-14(11-19(28-2)20(18)29-3)21(26)25-13-22(6-8-30-9-7-22)16-5-4-15(23)12-17(16)24/h4-5,10-12H,6-9,13H2,1-3H3,(H,25,26). The van der Waals surface area contributed by atoms with Gasteiger partial charge in [-0.15, -0.1) is 0 Å². The van der Waals surface area contributed by atoms with Gasteiger partial charge < -0.3 is 24.3 Å². The van der Waals surface area contributed by atoms with Gasteiger partial charge in [0.25, 0.3) is 5.91 Å². The molecule has 0 atom stereocenters. The van der Waals surface area contributed by atoms with Crippen molar-refractivity contribution in [3.05, 3.63) is 51.5 Å². The lowest BCUT2D eigenvalue weighted by Gasteiger charge is -2.38. The molecule has 1 heterocycles. The number of carbonyl (C=O) groups excluding carboxylic acids is 1. The molecule has 1 N–H and O–H groups in total. The number of amides is 1. The van der Waals surface area contributed by atoms with Crippen LogP contribution in [0, 0.1) is 0 Å². The second-order valence-electron chi connectivity index (χ2n) is 7.11.